The summed E-state index contributed by atoms with van der Waals surface area (Å²) in [6, 6.07) is 25.5. The highest BCUT2D eigenvalue weighted by Gasteiger charge is 2.38. The predicted molar refractivity (Wildman–Crippen MR) is 183 cm³/mol. The number of hydrogen-bond donors (Lipinski definition) is 2. The second kappa shape index (κ2) is 13.4. The van der Waals surface area contributed by atoms with Crippen molar-refractivity contribution >= 4 is 33.4 Å². The number of rotatable bonds is 14. The van der Waals surface area contributed by atoms with Gasteiger partial charge in [-0.2, -0.15) is 0 Å². The summed E-state index contributed by atoms with van der Waals surface area (Å²) in [6.45, 7) is 8.83. The Bertz CT molecular complexity index is 1610. The summed E-state index contributed by atoms with van der Waals surface area (Å²) < 4.78 is 0. The number of unbranched alkanes of at least 4 members (excludes halogenated alkanes) is 2. The molecule has 2 aromatic heterocycles. The van der Waals surface area contributed by atoms with Gasteiger partial charge in [-0.1, -0.05) is 81.3 Å². The first-order valence-electron chi connectivity index (χ1n) is 16.4. The summed E-state index contributed by atoms with van der Waals surface area (Å²) >= 11 is 0. The zero-order chi connectivity index (χ0) is 30.6. The van der Waals surface area contributed by atoms with Crippen LogP contribution in [-0.4, -0.2) is 52.9 Å². The van der Waals surface area contributed by atoms with Crippen LogP contribution in [0.25, 0.3) is 21.8 Å². The SMILES string of the molecule is CCCCN(C)Cc1[nH]c2ccccc2c1CC1C(=O)N(Cc2c(CN(C)CCCC)[nH]c3ccccc23)c2ccccc21. The third-order valence-corrected chi connectivity index (χ3v) is 9.34. The lowest BCUT2D eigenvalue weighted by Gasteiger charge is -2.21. The van der Waals surface area contributed by atoms with Crippen LogP contribution in [0.5, 0.6) is 0 Å². The van der Waals surface area contributed by atoms with E-state index in [1.54, 1.807) is 0 Å². The zero-order valence-corrected chi connectivity index (χ0v) is 26.8. The van der Waals surface area contributed by atoms with E-state index in [1.807, 2.05) is 4.90 Å². The minimum absolute atomic E-state index is 0.192. The average Bonchev–Trinajstić information content (AvgIpc) is 3.65. The molecule has 5 aromatic rings. The molecule has 0 saturated heterocycles. The smallest absolute Gasteiger partial charge is 0.235 e. The molecule has 0 spiro atoms. The Morgan fingerprint density at radius 2 is 1.23 bits per heavy atom. The van der Waals surface area contributed by atoms with Crippen LogP contribution in [0.1, 0.15) is 73.5 Å². The van der Waals surface area contributed by atoms with Crippen LogP contribution in [0.15, 0.2) is 72.8 Å². The zero-order valence-electron chi connectivity index (χ0n) is 26.8. The Kier molecular flexibility index (Phi) is 9.20. The third kappa shape index (κ3) is 6.06. The fourth-order valence-corrected chi connectivity index (χ4v) is 6.94. The first-order chi connectivity index (χ1) is 21.5. The molecular formula is C38H47N5O. The molecule has 2 N–H and O–H groups in total. The summed E-state index contributed by atoms with van der Waals surface area (Å²) in [5, 5.41) is 2.43. The number of carbonyl (C=O) groups is 1. The molecule has 0 bridgehead atoms. The Balaban J connectivity index is 1.33. The molecule has 3 heterocycles. The summed E-state index contributed by atoms with van der Waals surface area (Å²) in [4.78, 5) is 28.8. The van der Waals surface area contributed by atoms with Crippen molar-refractivity contribution in [3.63, 3.8) is 0 Å². The summed E-state index contributed by atoms with van der Waals surface area (Å²) in [5.41, 5.74) is 9.37. The van der Waals surface area contributed by atoms with Crippen LogP contribution < -0.4 is 4.90 Å². The lowest BCUT2D eigenvalue weighted by molar-refractivity contribution is -0.119. The second-order valence-electron chi connectivity index (χ2n) is 12.7. The van der Waals surface area contributed by atoms with Gasteiger partial charge >= 0.3 is 0 Å². The first-order valence-corrected chi connectivity index (χ1v) is 16.4. The lowest BCUT2D eigenvalue weighted by Crippen LogP contribution is -2.30. The molecule has 6 rings (SSSR count). The van der Waals surface area contributed by atoms with Gasteiger partial charge in [0, 0.05) is 57.5 Å². The van der Waals surface area contributed by atoms with E-state index in [4.69, 9.17) is 0 Å². The van der Waals surface area contributed by atoms with Gasteiger partial charge in [0.05, 0.1) is 12.5 Å². The number of benzene rings is 3. The minimum Gasteiger partial charge on any atom is -0.357 e. The van der Waals surface area contributed by atoms with E-state index >= 15 is 0 Å². The summed E-state index contributed by atoms with van der Waals surface area (Å²) in [5.74, 6) is -0.0247. The van der Waals surface area contributed by atoms with Gasteiger partial charge in [0.15, 0.2) is 0 Å². The highest BCUT2D eigenvalue weighted by atomic mass is 16.2. The number of carbonyl (C=O) groups excluding carboxylic acids is 1. The Morgan fingerprint density at radius 1 is 0.705 bits per heavy atom. The molecule has 6 nitrogen and oxygen atoms in total. The molecule has 1 aliphatic heterocycles. The maximum Gasteiger partial charge on any atom is 0.235 e. The second-order valence-corrected chi connectivity index (χ2v) is 12.7. The van der Waals surface area contributed by atoms with E-state index in [0.29, 0.717) is 13.0 Å². The number of aromatic nitrogens is 2. The number of aromatic amines is 2. The van der Waals surface area contributed by atoms with Crippen molar-refractivity contribution in [2.45, 2.75) is 71.5 Å². The molecule has 0 saturated carbocycles. The Hall–Kier alpha value is -3.87. The Morgan fingerprint density at radius 3 is 1.84 bits per heavy atom. The fraction of sp³-hybridized carbons (Fsp3) is 0.395. The van der Waals surface area contributed by atoms with Gasteiger partial charge in [-0.15, -0.1) is 0 Å². The van der Waals surface area contributed by atoms with E-state index < -0.39 is 0 Å². The normalized spacial score (nSPS) is 15.0. The van der Waals surface area contributed by atoms with Gasteiger partial charge in [0.2, 0.25) is 5.91 Å². The van der Waals surface area contributed by atoms with Crippen molar-refractivity contribution in [2.24, 2.45) is 0 Å². The molecule has 1 unspecified atom stereocenters. The highest BCUT2D eigenvalue weighted by molar-refractivity contribution is 6.06. The van der Waals surface area contributed by atoms with Crippen LogP contribution in [0.2, 0.25) is 0 Å². The molecule has 0 fully saturated rings. The van der Waals surface area contributed by atoms with Crippen LogP contribution in [0.4, 0.5) is 5.69 Å². The molecule has 230 valence electrons. The van der Waals surface area contributed by atoms with Crippen LogP contribution in [0.3, 0.4) is 0 Å². The molecule has 44 heavy (non-hydrogen) atoms. The highest BCUT2D eigenvalue weighted by Crippen LogP contribution is 2.42. The quantitative estimate of drug-likeness (QED) is 0.138. The molecule has 1 aliphatic rings. The van der Waals surface area contributed by atoms with Crippen LogP contribution >= 0.6 is 0 Å². The van der Waals surface area contributed by atoms with Crippen LogP contribution in [-0.2, 0) is 30.8 Å². The molecule has 0 radical (unpaired) electrons. The van der Waals surface area contributed by atoms with Crippen molar-refractivity contribution in [3.8, 4) is 0 Å². The number of para-hydroxylation sites is 3. The molecule has 3 aromatic carbocycles. The number of nitrogens with one attached hydrogen (secondary N) is 2. The fourth-order valence-electron chi connectivity index (χ4n) is 6.94. The van der Waals surface area contributed by atoms with E-state index in [9.17, 15) is 4.79 Å². The third-order valence-electron chi connectivity index (χ3n) is 9.34. The van der Waals surface area contributed by atoms with Gasteiger partial charge in [-0.05, 0) is 75.8 Å². The van der Waals surface area contributed by atoms with Crippen LogP contribution in [0, 0.1) is 0 Å². The number of amides is 1. The van der Waals surface area contributed by atoms with Gasteiger partial charge in [-0.25, -0.2) is 0 Å². The van der Waals surface area contributed by atoms with E-state index in [2.05, 4.69) is 121 Å². The van der Waals surface area contributed by atoms with Crippen molar-refractivity contribution < 1.29 is 4.79 Å². The Labute approximate surface area is 262 Å². The molecule has 1 atom stereocenters. The average molecular weight is 590 g/mol. The lowest BCUT2D eigenvalue weighted by atomic mass is 9.91. The van der Waals surface area contributed by atoms with Gasteiger partial charge in [0.1, 0.15) is 0 Å². The van der Waals surface area contributed by atoms with E-state index in [-0.39, 0.29) is 11.8 Å². The van der Waals surface area contributed by atoms with Crippen molar-refractivity contribution in [1.82, 2.24) is 19.8 Å². The van der Waals surface area contributed by atoms with Gasteiger partial charge in [-0.3, -0.25) is 4.79 Å². The standard InChI is InChI=1S/C38H47N5O/c1-5-7-21-41(3)25-35-30(27-15-9-12-18-33(27)39-35)23-31-29-17-11-14-20-37(29)43(38(31)44)24-32-28-16-10-13-19-34(28)40-36(32)26-42(4)22-8-6-2/h9-20,31,39-40H,5-8,21-26H2,1-4H3. The summed E-state index contributed by atoms with van der Waals surface area (Å²) in [7, 11) is 4.39. The van der Waals surface area contributed by atoms with Crippen molar-refractivity contribution in [1.29, 1.82) is 0 Å². The predicted octanol–water partition coefficient (Wildman–Crippen LogP) is 7.99. The van der Waals surface area contributed by atoms with E-state index in [0.717, 1.165) is 48.5 Å². The number of nitrogens with zero attached hydrogens (tertiary/aromatic N) is 3. The number of H-pyrrole nitrogens is 2. The van der Waals surface area contributed by atoms with Crippen molar-refractivity contribution in [2.75, 3.05) is 32.1 Å². The largest absolute Gasteiger partial charge is 0.357 e. The first kappa shape index (κ1) is 30.2. The molecule has 0 aliphatic carbocycles. The summed E-state index contributed by atoms with van der Waals surface area (Å²) in [6.07, 6.45) is 5.40. The minimum atomic E-state index is -0.217. The number of hydrogen-bond acceptors (Lipinski definition) is 3. The number of anilines is 1. The van der Waals surface area contributed by atoms with Gasteiger partial charge < -0.3 is 24.7 Å². The maximum atomic E-state index is 14.5. The van der Waals surface area contributed by atoms with Gasteiger partial charge in [0.25, 0.3) is 0 Å². The van der Waals surface area contributed by atoms with Crippen molar-refractivity contribution in [3.05, 3.63) is 101 Å². The maximum absolute atomic E-state index is 14.5. The monoisotopic (exact) mass is 589 g/mol. The molecule has 6 heteroatoms. The van der Waals surface area contributed by atoms with E-state index in [1.165, 1.54) is 59.0 Å². The topological polar surface area (TPSA) is 58.4 Å². The molecule has 1 amide bonds. The molecular weight excluding hydrogens is 542 g/mol. The number of fused-ring (bicyclic) bond motifs is 3.